The van der Waals surface area contributed by atoms with E-state index in [2.05, 4.69) is 15.5 Å². The first-order valence-corrected chi connectivity index (χ1v) is 4.78. The lowest BCUT2D eigenvalue weighted by Gasteiger charge is -2.05. The van der Waals surface area contributed by atoms with Crippen molar-refractivity contribution in [3.63, 3.8) is 0 Å². The Morgan fingerprint density at radius 1 is 1.69 bits per heavy atom. The Morgan fingerprint density at radius 2 is 2.38 bits per heavy atom. The van der Waals surface area contributed by atoms with E-state index in [1.54, 1.807) is 4.68 Å². The number of amides is 1. The molecule has 0 saturated carbocycles. The largest absolute Gasteiger partial charge is 0.369 e. The molecule has 13 heavy (non-hydrogen) atoms. The number of rotatable bonds is 4. The molecule has 0 atom stereocenters. The average molecular weight is 201 g/mol. The predicted molar refractivity (Wildman–Crippen MR) is 48.1 cm³/mol. The highest BCUT2D eigenvalue weighted by molar-refractivity contribution is 7.99. The lowest BCUT2D eigenvalue weighted by Crippen LogP contribution is -2.14. The van der Waals surface area contributed by atoms with Crippen LogP contribution in [-0.2, 0) is 4.79 Å². The summed E-state index contributed by atoms with van der Waals surface area (Å²) >= 11 is 1.24. The summed E-state index contributed by atoms with van der Waals surface area (Å²) in [4.78, 5) is 10.5. The Bertz CT molecular complexity index is 297. The van der Waals surface area contributed by atoms with Crippen molar-refractivity contribution < 1.29 is 4.79 Å². The van der Waals surface area contributed by atoms with E-state index < -0.39 is 0 Å². The van der Waals surface area contributed by atoms with Crippen molar-refractivity contribution in [1.29, 1.82) is 0 Å². The van der Waals surface area contributed by atoms with E-state index in [4.69, 9.17) is 5.73 Å². The quantitative estimate of drug-likeness (QED) is 0.683. The van der Waals surface area contributed by atoms with Gasteiger partial charge in [-0.05, 0) is 24.3 Å². The molecule has 0 aliphatic heterocycles. The summed E-state index contributed by atoms with van der Waals surface area (Å²) in [7, 11) is 0. The summed E-state index contributed by atoms with van der Waals surface area (Å²) in [5.41, 5.74) is 5.00. The maximum absolute atomic E-state index is 10.5. The van der Waals surface area contributed by atoms with Crippen LogP contribution in [0.25, 0.3) is 0 Å². The first-order chi connectivity index (χ1) is 6.11. The lowest BCUT2D eigenvalue weighted by molar-refractivity contribution is -0.115. The van der Waals surface area contributed by atoms with E-state index in [1.807, 2.05) is 13.8 Å². The van der Waals surface area contributed by atoms with Crippen molar-refractivity contribution in [3.05, 3.63) is 0 Å². The number of thioether (sulfide) groups is 1. The fourth-order valence-corrected chi connectivity index (χ4v) is 1.49. The standard InChI is InChI=1S/C6H11N5OS/c1-4(2)11-6(8-9-10-11)13-3-5(7)12/h4H,3H2,1-2H3,(H2,7,12). The zero-order chi connectivity index (χ0) is 9.84. The van der Waals surface area contributed by atoms with Crippen LogP contribution >= 0.6 is 11.8 Å². The molecular formula is C6H11N5OS. The molecule has 1 aromatic rings. The Labute approximate surface area is 79.9 Å². The molecule has 0 bridgehead atoms. The number of primary amides is 1. The topological polar surface area (TPSA) is 86.7 Å². The molecule has 72 valence electrons. The Balaban J connectivity index is 2.65. The number of carbonyl (C=O) groups excluding carboxylic acids is 1. The van der Waals surface area contributed by atoms with Gasteiger partial charge < -0.3 is 5.73 Å². The molecule has 0 aromatic carbocycles. The third-order valence-electron chi connectivity index (χ3n) is 1.30. The van der Waals surface area contributed by atoms with Gasteiger partial charge in [-0.15, -0.1) is 5.10 Å². The van der Waals surface area contributed by atoms with Crippen molar-refractivity contribution >= 4 is 17.7 Å². The number of aromatic nitrogens is 4. The van der Waals surface area contributed by atoms with Gasteiger partial charge in [-0.3, -0.25) is 4.79 Å². The molecule has 6 nitrogen and oxygen atoms in total. The third kappa shape index (κ3) is 2.69. The van der Waals surface area contributed by atoms with E-state index in [0.717, 1.165) is 0 Å². The SMILES string of the molecule is CC(C)n1nnnc1SCC(N)=O. The van der Waals surface area contributed by atoms with Gasteiger partial charge in [0.2, 0.25) is 11.1 Å². The number of tetrazole rings is 1. The summed E-state index contributed by atoms with van der Waals surface area (Å²) in [6, 6.07) is 0.186. The van der Waals surface area contributed by atoms with E-state index in [-0.39, 0.29) is 17.7 Å². The second-order valence-corrected chi connectivity index (χ2v) is 3.70. The number of hydrogen-bond acceptors (Lipinski definition) is 5. The summed E-state index contributed by atoms with van der Waals surface area (Å²) in [6.45, 7) is 3.93. The molecule has 0 spiro atoms. The molecule has 1 amide bonds. The van der Waals surface area contributed by atoms with Gasteiger partial charge in [-0.25, -0.2) is 4.68 Å². The second-order valence-electron chi connectivity index (χ2n) is 2.75. The minimum absolute atomic E-state index is 0.186. The van der Waals surface area contributed by atoms with Gasteiger partial charge in [-0.1, -0.05) is 11.8 Å². The molecule has 1 heterocycles. The summed E-state index contributed by atoms with van der Waals surface area (Å²) in [5, 5.41) is 11.7. The van der Waals surface area contributed by atoms with Crippen molar-refractivity contribution in [2.75, 3.05) is 5.75 Å². The molecule has 7 heteroatoms. The molecule has 0 aliphatic rings. The van der Waals surface area contributed by atoms with E-state index in [1.165, 1.54) is 11.8 Å². The van der Waals surface area contributed by atoms with Crippen LogP contribution in [0.4, 0.5) is 0 Å². The Kier molecular flexibility index (Phi) is 3.24. The van der Waals surface area contributed by atoms with Crippen molar-refractivity contribution in [2.45, 2.75) is 25.0 Å². The number of carbonyl (C=O) groups is 1. The molecule has 1 rings (SSSR count). The Hall–Kier alpha value is -1.11. The van der Waals surface area contributed by atoms with Gasteiger partial charge in [0.1, 0.15) is 0 Å². The fraction of sp³-hybridized carbons (Fsp3) is 0.667. The first-order valence-electron chi connectivity index (χ1n) is 3.80. The molecule has 0 unspecified atom stereocenters. The van der Waals surface area contributed by atoms with Gasteiger partial charge in [0, 0.05) is 0 Å². The van der Waals surface area contributed by atoms with Gasteiger partial charge >= 0.3 is 0 Å². The monoisotopic (exact) mass is 201 g/mol. The van der Waals surface area contributed by atoms with Crippen molar-refractivity contribution in [2.24, 2.45) is 5.73 Å². The summed E-state index contributed by atoms with van der Waals surface area (Å²) < 4.78 is 1.65. The number of hydrogen-bond donors (Lipinski definition) is 1. The van der Waals surface area contributed by atoms with Crippen molar-refractivity contribution in [3.8, 4) is 0 Å². The van der Waals surface area contributed by atoms with Crippen LogP contribution in [0, 0.1) is 0 Å². The minimum atomic E-state index is -0.372. The number of nitrogens with zero attached hydrogens (tertiary/aromatic N) is 4. The molecule has 2 N–H and O–H groups in total. The van der Waals surface area contributed by atoms with Gasteiger partial charge in [0.25, 0.3) is 0 Å². The normalized spacial score (nSPS) is 10.7. The van der Waals surface area contributed by atoms with Crippen LogP contribution in [0.15, 0.2) is 5.16 Å². The zero-order valence-corrected chi connectivity index (χ0v) is 8.28. The van der Waals surface area contributed by atoms with Crippen LogP contribution in [0.5, 0.6) is 0 Å². The van der Waals surface area contributed by atoms with Crippen molar-refractivity contribution in [1.82, 2.24) is 20.2 Å². The maximum Gasteiger partial charge on any atom is 0.227 e. The van der Waals surface area contributed by atoms with Crippen LogP contribution in [-0.4, -0.2) is 31.9 Å². The molecule has 0 fully saturated rings. The first kappa shape index (κ1) is 9.97. The number of nitrogens with two attached hydrogens (primary N) is 1. The minimum Gasteiger partial charge on any atom is -0.369 e. The average Bonchev–Trinajstić information content (AvgIpc) is 2.47. The van der Waals surface area contributed by atoms with E-state index in [0.29, 0.717) is 5.16 Å². The zero-order valence-electron chi connectivity index (χ0n) is 7.47. The van der Waals surface area contributed by atoms with E-state index >= 15 is 0 Å². The second kappa shape index (κ2) is 4.22. The van der Waals surface area contributed by atoms with Gasteiger partial charge in [-0.2, -0.15) is 0 Å². The fourth-order valence-electron chi connectivity index (χ4n) is 0.740. The maximum atomic E-state index is 10.5. The summed E-state index contributed by atoms with van der Waals surface area (Å²) in [6.07, 6.45) is 0. The smallest absolute Gasteiger partial charge is 0.227 e. The highest BCUT2D eigenvalue weighted by atomic mass is 32.2. The highest BCUT2D eigenvalue weighted by Crippen LogP contribution is 2.16. The van der Waals surface area contributed by atoms with Gasteiger partial charge in [0.15, 0.2) is 0 Å². The van der Waals surface area contributed by atoms with E-state index in [9.17, 15) is 4.79 Å². The van der Waals surface area contributed by atoms with Crippen LogP contribution < -0.4 is 5.73 Å². The van der Waals surface area contributed by atoms with Gasteiger partial charge in [0.05, 0.1) is 11.8 Å². The van der Waals surface area contributed by atoms with Crippen LogP contribution in [0.1, 0.15) is 19.9 Å². The highest BCUT2D eigenvalue weighted by Gasteiger charge is 2.10. The lowest BCUT2D eigenvalue weighted by atomic mass is 10.4. The Morgan fingerprint density at radius 3 is 2.92 bits per heavy atom. The predicted octanol–water partition coefficient (Wildman–Crippen LogP) is -0.169. The molecule has 1 aromatic heterocycles. The molecule has 0 saturated heterocycles. The summed E-state index contributed by atoms with van der Waals surface area (Å²) in [5.74, 6) is -0.170. The third-order valence-corrected chi connectivity index (χ3v) is 2.25. The van der Waals surface area contributed by atoms with Crippen LogP contribution in [0.2, 0.25) is 0 Å². The molecule has 0 radical (unpaired) electrons. The van der Waals surface area contributed by atoms with Crippen LogP contribution in [0.3, 0.4) is 0 Å². The molecular weight excluding hydrogens is 190 g/mol. The molecule has 0 aliphatic carbocycles.